The molecule has 0 saturated heterocycles. The Labute approximate surface area is 110 Å². The van der Waals surface area contributed by atoms with Gasteiger partial charge in [-0.2, -0.15) is 0 Å². The highest BCUT2D eigenvalue weighted by Crippen LogP contribution is 2.35. The van der Waals surface area contributed by atoms with E-state index in [1.165, 1.54) is 24.8 Å². The molecule has 16 heavy (non-hydrogen) atoms. The molecule has 88 valence electrons. The fraction of sp³-hybridized carbons (Fsp3) is 0.538. The molecule has 2 unspecified atom stereocenters. The maximum Gasteiger partial charge on any atom is 0.122 e. The summed E-state index contributed by atoms with van der Waals surface area (Å²) < 4.78 is 5.37. The van der Waals surface area contributed by atoms with E-state index in [4.69, 9.17) is 16.3 Å². The average Bonchev–Trinajstić information content (AvgIpc) is 2.64. The quantitative estimate of drug-likeness (QED) is 0.749. The molecular formula is C13H16BrClO. The van der Waals surface area contributed by atoms with Crippen LogP contribution in [0.2, 0.25) is 5.02 Å². The Bertz CT molecular complexity index is 367. The van der Waals surface area contributed by atoms with Crippen molar-refractivity contribution in [1.82, 2.24) is 0 Å². The topological polar surface area (TPSA) is 9.23 Å². The van der Waals surface area contributed by atoms with Crippen LogP contribution in [0.5, 0.6) is 5.75 Å². The van der Waals surface area contributed by atoms with Crippen molar-refractivity contribution in [3.8, 4) is 5.75 Å². The summed E-state index contributed by atoms with van der Waals surface area (Å²) in [6.45, 7) is 0. The van der Waals surface area contributed by atoms with Gasteiger partial charge in [-0.15, -0.1) is 0 Å². The van der Waals surface area contributed by atoms with Gasteiger partial charge in [-0.3, -0.25) is 0 Å². The smallest absolute Gasteiger partial charge is 0.122 e. The van der Waals surface area contributed by atoms with Crippen LogP contribution in [0.25, 0.3) is 0 Å². The van der Waals surface area contributed by atoms with Gasteiger partial charge in [0.05, 0.1) is 7.11 Å². The molecule has 0 aromatic heterocycles. The van der Waals surface area contributed by atoms with Gasteiger partial charge in [0.15, 0.2) is 0 Å². The van der Waals surface area contributed by atoms with Crippen LogP contribution in [0.4, 0.5) is 0 Å². The van der Waals surface area contributed by atoms with E-state index in [0.717, 1.165) is 23.1 Å². The molecule has 1 aliphatic carbocycles. The highest BCUT2D eigenvalue weighted by atomic mass is 79.9. The third-order valence-corrected chi connectivity index (χ3v) is 4.30. The van der Waals surface area contributed by atoms with Crippen LogP contribution >= 0.6 is 27.5 Å². The van der Waals surface area contributed by atoms with Gasteiger partial charge in [0.2, 0.25) is 0 Å². The van der Waals surface area contributed by atoms with Crippen LogP contribution in [0.3, 0.4) is 0 Å². The van der Waals surface area contributed by atoms with Gasteiger partial charge in [-0.25, -0.2) is 0 Å². The molecule has 1 nitrogen and oxygen atoms in total. The zero-order chi connectivity index (χ0) is 11.5. The Morgan fingerprint density at radius 1 is 1.44 bits per heavy atom. The predicted octanol–water partition coefficient (Wildman–Crippen LogP) is 4.45. The van der Waals surface area contributed by atoms with Crippen molar-refractivity contribution >= 4 is 27.5 Å². The summed E-state index contributed by atoms with van der Waals surface area (Å²) in [6, 6.07) is 5.87. The first kappa shape index (κ1) is 12.3. The molecule has 1 aromatic rings. The summed E-state index contributed by atoms with van der Waals surface area (Å²) in [7, 11) is 1.72. The van der Waals surface area contributed by atoms with E-state index in [1.807, 2.05) is 18.2 Å². The van der Waals surface area contributed by atoms with E-state index in [-0.39, 0.29) is 0 Å². The second-order valence-electron chi connectivity index (χ2n) is 4.44. The van der Waals surface area contributed by atoms with Crippen LogP contribution in [-0.2, 0) is 6.42 Å². The summed E-state index contributed by atoms with van der Waals surface area (Å²) in [5, 5.41) is 0.796. The van der Waals surface area contributed by atoms with Crippen molar-refractivity contribution in [2.24, 2.45) is 5.92 Å². The van der Waals surface area contributed by atoms with Crippen molar-refractivity contribution < 1.29 is 4.74 Å². The Morgan fingerprint density at radius 3 is 2.88 bits per heavy atom. The second kappa shape index (κ2) is 5.42. The lowest BCUT2D eigenvalue weighted by molar-refractivity contribution is 0.404. The van der Waals surface area contributed by atoms with Crippen LogP contribution in [0, 0.1) is 5.92 Å². The first-order valence-corrected chi connectivity index (χ1v) is 6.95. The van der Waals surface area contributed by atoms with Crippen molar-refractivity contribution in [3.05, 3.63) is 28.8 Å². The third kappa shape index (κ3) is 2.92. The molecule has 3 heteroatoms. The molecule has 0 spiro atoms. The number of alkyl halides is 1. The zero-order valence-electron chi connectivity index (χ0n) is 9.38. The van der Waals surface area contributed by atoms with Crippen molar-refractivity contribution in [2.75, 3.05) is 7.11 Å². The number of halogens is 2. The number of methoxy groups -OCH3 is 1. The van der Waals surface area contributed by atoms with Crippen molar-refractivity contribution in [1.29, 1.82) is 0 Å². The molecule has 2 atom stereocenters. The third-order valence-electron chi connectivity index (χ3n) is 3.23. The number of hydrogen-bond donors (Lipinski definition) is 0. The molecule has 0 aliphatic heterocycles. The molecule has 0 radical (unpaired) electrons. The monoisotopic (exact) mass is 302 g/mol. The Balaban J connectivity index is 2.10. The maximum absolute atomic E-state index is 6.02. The highest BCUT2D eigenvalue weighted by Gasteiger charge is 2.23. The van der Waals surface area contributed by atoms with E-state index in [0.29, 0.717) is 4.83 Å². The van der Waals surface area contributed by atoms with Gasteiger partial charge >= 0.3 is 0 Å². The predicted molar refractivity (Wildman–Crippen MR) is 71.8 cm³/mol. The normalized spacial score (nSPS) is 24.7. The maximum atomic E-state index is 6.02. The number of ether oxygens (including phenoxy) is 1. The molecular weight excluding hydrogens is 287 g/mol. The van der Waals surface area contributed by atoms with Crippen LogP contribution in [0.15, 0.2) is 18.2 Å². The summed E-state index contributed by atoms with van der Waals surface area (Å²) in [6.07, 6.45) is 4.92. The fourth-order valence-corrected chi connectivity index (χ4v) is 3.40. The van der Waals surface area contributed by atoms with Gasteiger partial charge in [-0.1, -0.05) is 27.5 Å². The van der Waals surface area contributed by atoms with Gasteiger partial charge < -0.3 is 4.74 Å². The lowest BCUT2D eigenvalue weighted by Gasteiger charge is -2.13. The molecule has 1 saturated carbocycles. The van der Waals surface area contributed by atoms with E-state index in [9.17, 15) is 0 Å². The van der Waals surface area contributed by atoms with Gasteiger partial charge in [0.1, 0.15) is 5.75 Å². The standard InChI is InChI=1S/C13H16BrClO/c1-16-13-5-4-12(15)8-10(13)6-9-2-3-11(14)7-9/h4-5,8-9,11H,2-3,6-7H2,1H3. The van der Waals surface area contributed by atoms with Crippen molar-refractivity contribution in [2.45, 2.75) is 30.5 Å². The molecule has 0 heterocycles. The molecule has 1 aliphatic rings. The SMILES string of the molecule is COc1ccc(Cl)cc1CC1CCC(Br)C1. The van der Waals surface area contributed by atoms with E-state index in [2.05, 4.69) is 15.9 Å². The van der Waals surface area contributed by atoms with Gasteiger partial charge in [-0.05, 0) is 55.4 Å². The minimum Gasteiger partial charge on any atom is -0.496 e. The summed E-state index contributed by atoms with van der Waals surface area (Å²) in [5.41, 5.74) is 1.24. The van der Waals surface area contributed by atoms with Crippen LogP contribution < -0.4 is 4.74 Å². The summed E-state index contributed by atoms with van der Waals surface area (Å²) >= 11 is 9.71. The lowest BCUT2D eigenvalue weighted by Crippen LogP contribution is -2.02. The molecule has 2 rings (SSSR count). The molecule has 1 fully saturated rings. The van der Waals surface area contributed by atoms with Crippen LogP contribution in [0.1, 0.15) is 24.8 Å². The Morgan fingerprint density at radius 2 is 2.25 bits per heavy atom. The first-order valence-electron chi connectivity index (χ1n) is 5.65. The van der Waals surface area contributed by atoms with E-state index < -0.39 is 0 Å². The summed E-state index contributed by atoms with van der Waals surface area (Å²) in [4.78, 5) is 0.697. The molecule has 1 aromatic carbocycles. The van der Waals surface area contributed by atoms with Gasteiger partial charge in [0, 0.05) is 9.85 Å². The second-order valence-corrected chi connectivity index (χ2v) is 6.17. The minimum atomic E-state index is 0.697. The van der Waals surface area contributed by atoms with E-state index in [1.54, 1.807) is 7.11 Å². The van der Waals surface area contributed by atoms with Crippen molar-refractivity contribution in [3.63, 3.8) is 0 Å². The minimum absolute atomic E-state index is 0.697. The Hall–Kier alpha value is -0.210. The number of benzene rings is 1. The fourth-order valence-electron chi connectivity index (χ4n) is 2.42. The number of rotatable bonds is 3. The zero-order valence-corrected chi connectivity index (χ0v) is 11.7. The highest BCUT2D eigenvalue weighted by molar-refractivity contribution is 9.09. The average molecular weight is 304 g/mol. The van der Waals surface area contributed by atoms with Gasteiger partial charge in [0.25, 0.3) is 0 Å². The lowest BCUT2D eigenvalue weighted by atomic mass is 9.97. The summed E-state index contributed by atoms with van der Waals surface area (Å²) in [5.74, 6) is 1.72. The molecule has 0 bridgehead atoms. The largest absolute Gasteiger partial charge is 0.496 e. The first-order chi connectivity index (χ1) is 7.69. The number of hydrogen-bond acceptors (Lipinski definition) is 1. The molecule has 0 amide bonds. The van der Waals surface area contributed by atoms with Crippen LogP contribution in [-0.4, -0.2) is 11.9 Å². The molecule has 0 N–H and O–H groups in total. The Kier molecular flexibility index (Phi) is 4.15. The van der Waals surface area contributed by atoms with E-state index >= 15 is 0 Å².